The van der Waals surface area contributed by atoms with Gasteiger partial charge in [-0.2, -0.15) is 0 Å². The molecule has 4 rings (SSSR count). The summed E-state index contributed by atoms with van der Waals surface area (Å²) in [6.07, 6.45) is 1.59. The van der Waals surface area contributed by atoms with Crippen LogP contribution in [0.2, 0.25) is 0 Å². The van der Waals surface area contributed by atoms with E-state index in [1.165, 1.54) is 38.4 Å². The van der Waals surface area contributed by atoms with E-state index in [0.717, 1.165) is 18.4 Å². The van der Waals surface area contributed by atoms with Crippen LogP contribution in [0.1, 0.15) is 42.7 Å². The van der Waals surface area contributed by atoms with Crippen molar-refractivity contribution in [2.75, 3.05) is 27.1 Å². The minimum Gasteiger partial charge on any atom is -0.493 e. The number of amides is 1. The second-order valence-corrected chi connectivity index (χ2v) is 10.0. The molecule has 42 heavy (non-hydrogen) atoms. The van der Waals surface area contributed by atoms with Crippen molar-refractivity contribution < 1.29 is 52.0 Å². The molecule has 2 aromatic rings. The standard InChI is InChI=1S/C29H33FN2O10/c1-16-21(12-18-4-8-20(30)9-5-18)24(42-28(35)19-6-7-19)14-38-13-22(29(36)41-16)32-27(34)25-26(40-15-39-17(2)33)23(37-3)10-11-31-25/h4-5,8-11,16,19,21-22,24H,6-7,12-15H2,1-3H3,(H,32,34)/t16-,21-,22-,24-/m0/s1. The third-order valence-electron chi connectivity index (χ3n) is 6.87. The molecule has 2 heterocycles. The number of carbonyl (C=O) groups excluding carboxylic acids is 4. The number of aromatic nitrogens is 1. The second-order valence-electron chi connectivity index (χ2n) is 10.0. The van der Waals surface area contributed by atoms with Crippen LogP contribution in [0, 0.1) is 17.7 Å². The van der Waals surface area contributed by atoms with Crippen molar-refractivity contribution in [2.24, 2.45) is 11.8 Å². The first-order valence-electron chi connectivity index (χ1n) is 13.5. The summed E-state index contributed by atoms with van der Waals surface area (Å²) in [5.74, 6) is -3.55. The fourth-order valence-electron chi connectivity index (χ4n) is 4.42. The molecule has 4 atom stereocenters. The van der Waals surface area contributed by atoms with Gasteiger partial charge in [-0.15, -0.1) is 0 Å². The molecule has 1 saturated carbocycles. The Bertz CT molecular complexity index is 1280. The van der Waals surface area contributed by atoms with Crippen molar-refractivity contribution in [3.05, 3.63) is 53.6 Å². The number of hydrogen-bond donors (Lipinski definition) is 1. The Hall–Kier alpha value is -4.26. The first-order chi connectivity index (χ1) is 20.2. The molecule has 0 radical (unpaired) electrons. The molecule has 0 unspecified atom stereocenters. The summed E-state index contributed by atoms with van der Waals surface area (Å²) in [6, 6.07) is 6.07. The Morgan fingerprint density at radius 3 is 2.52 bits per heavy atom. The number of hydrogen-bond acceptors (Lipinski definition) is 11. The van der Waals surface area contributed by atoms with E-state index < -0.39 is 54.6 Å². The highest BCUT2D eigenvalue weighted by atomic mass is 19.1. The minimum atomic E-state index is -1.25. The topological polar surface area (TPSA) is 149 Å². The van der Waals surface area contributed by atoms with E-state index >= 15 is 0 Å². The molecule has 1 N–H and O–H groups in total. The van der Waals surface area contributed by atoms with E-state index in [-0.39, 0.29) is 42.3 Å². The van der Waals surface area contributed by atoms with Gasteiger partial charge in [0.15, 0.2) is 23.2 Å². The lowest BCUT2D eigenvalue weighted by Gasteiger charge is -2.30. The van der Waals surface area contributed by atoms with Crippen LogP contribution in [0.4, 0.5) is 4.39 Å². The van der Waals surface area contributed by atoms with Crippen molar-refractivity contribution >= 4 is 23.8 Å². The number of esters is 3. The van der Waals surface area contributed by atoms with Gasteiger partial charge in [-0.05, 0) is 43.9 Å². The molecular weight excluding hydrogens is 555 g/mol. The first-order valence-corrected chi connectivity index (χ1v) is 13.5. The van der Waals surface area contributed by atoms with Crippen LogP contribution >= 0.6 is 0 Å². The van der Waals surface area contributed by atoms with Crippen LogP contribution in [0.3, 0.4) is 0 Å². The quantitative estimate of drug-likeness (QED) is 0.248. The molecule has 1 aliphatic heterocycles. The summed E-state index contributed by atoms with van der Waals surface area (Å²) < 4.78 is 46.3. The van der Waals surface area contributed by atoms with Crippen LogP contribution in [0.25, 0.3) is 0 Å². The normalized spacial score (nSPS) is 22.4. The molecule has 1 aromatic heterocycles. The SMILES string of the molecule is COc1ccnc(C(=O)N[C@H]2COC[C@H](OC(=O)C3CC3)[C@@H](Cc3ccc(F)cc3)[C@H](C)OC2=O)c1OCOC(C)=O. The number of halogens is 1. The zero-order valence-corrected chi connectivity index (χ0v) is 23.5. The molecule has 12 nitrogen and oxygen atoms in total. The number of methoxy groups -OCH3 is 1. The average molecular weight is 589 g/mol. The van der Waals surface area contributed by atoms with E-state index in [4.69, 9.17) is 28.4 Å². The van der Waals surface area contributed by atoms with Crippen molar-refractivity contribution in [2.45, 2.75) is 51.4 Å². The van der Waals surface area contributed by atoms with Crippen molar-refractivity contribution in [1.82, 2.24) is 10.3 Å². The van der Waals surface area contributed by atoms with Crippen molar-refractivity contribution in [3.63, 3.8) is 0 Å². The first kappa shape index (κ1) is 30.7. The van der Waals surface area contributed by atoms with Gasteiger partial charge in [0.25, 0.3) is 5.91 Å². The van der Waals surface area contributed by atoms with Gasteiger partial charge in [0.2, 0.25) is 6.79 Å². The van der Waals surface area contributed by atoms with Crippen LogP contribution < -0.4 is 14.8 Å². The fraction of sp³-hybridized carbons (Fsp3) is 0.483. The summed E-state index contributed by atoms with van der Waals surface area (Å²) in [6.45, 7) is 2.01. The fourth-order valence-corrected chi connectivity index (χ4v) is 4.42. The number of carbonyl (C=O) groups is 4. The molecule has 1 saturated heterocycles. The highest BCUT2D eigenvalue weighted by molar-refractivity contribution is 5.98. The maximum absolute atomic E-state index is 13.5. The molecule has 2 aliphatic rings. The third-order valence-corrected chi connectivity index (χ3v) is 6.87. The Morgan fingerprint density at radius 2 is 1.86 bits per heavy atom. The Labute approximate surface area is 241 Å². The smallest absolute Gasteiger partial charge is 0.331 e. The summed E-state index contributed by atoms with van der Waals surface area (Å²) in [5.41, 5.74) is 0.527. The van der Waals surface area contributed by atoms with Crippen molar-refractivity contribution in [3.8, 4) is 11.5 Å². The van der Waals surface area contributed by atoms with E-state index in [9.17, 15) is 23.6 Å². The molecule has 0 spiro atoms. The Morgan fingerprint density at radius 1 is 1.12 bits per heavy atom. The Balaban J connectivity index is 1.52. The second kappa shape index (κ2) is 14.1. The number of pyridine rings is 1. The van der Waals surface area contributed by atoms with E-state index in [2.05, 4.69) is 10.3 Å². The van der Waals surface area contributed by atoms with Gasteiger partial charge >= 0.3 is 17.9 Å². The lowest BCUT2D eigenvalue weighted by Crippen LogP contribution is -2.46. The maximum Gasteiger partial charge on any atom is 0.331 e. The van der Waals surface area contributed by atoms with E-state index in [1.54, 1.807) is 19.1 Å². The predicted octanol–water partition coefficient (Wildman–Crippen LogP) is 2.37. The Kier molecular flexibility index (Phi) is 10.3. The van der Waals surface area contributed by atoms with Gasteiger partial charge in [0.1, 0.15) is 18.0 Å². The highest BCUT2D eigenvalue weighted by Gasteiger charge is 2.40. The van der Waals surface area contributed by atoms with Gasteiger partial charge in [-0.25, -0.2) is 14.2 Å². The maximum atomic E-state index is 13.5. The molecule has 13 heteroatoms. The summed E-state index contributed by atoms with van der Waals surface area (Å²) in [7, 11) is 1.36. The van der Waals surface area contributed by atoms with E-state index in [1.807, 2.05) is 0 Å². The molecule has 2 fully saturated rings. The lowest BCUT2D eigenvalue weighted by atomic mass is 9.89. The lowest BCUT2D eigenvalue weighted by molar-refractivity contribution is -0.163. The van der Waals surface area contributed by atoms with E-state index in [0.29, 0.717) is 6.42 Å². The summed E-state index contributed by atoms with van der Waals surface area (Å²) in [4.78, 5) is 54.3. The van der Waals surface area contributed by atoms with Crippen LogP contribution in [-0.2, 0) is 39.8 Å². The average Bonchev–Trinajstić information content (AvgIpc) is 3.80. The molecular formula is C29H33FN2O10. The predicted molar refractivity (Wildman–Crippen MR) is 142 cm³/mol. The molecule has 0 bridgehead atoms. The molecule has 1 aromatic carbocycles. The number of benzene rings is 1. The molecule has 226 valence electrons. The zero-order valence-electron chi connectivity index (χ0n) is 23.5. The summed E-state index contributed by atoms with van der Waals surface area (Å²) in [5, 5.41) is 2.55. The monoisotopic (exact) mass is 588 g/mol. The van der Waals surface area contributed by atoms with Gasteiger partial charge in [-0.3, -0.25) is 14.4 Å². The van der Waals surface area contributed by atoms with Crippen LogP contribution in [-0.4, -0.2) is 74.2 Å². The minimum absolute atomic E-state index is 0.0637. The number of cyclic esters (lactones) is 1. The van der Waals surface area contributed by atoms with Gasteiger partial charge < -0.3 is 33.7 Å². The number of nitrogens with zero attached hydrogens (tertiary/aromatic N) is 1. The zero-order chi connectivity index (χ0) is 30.2. The molecule has 1 aliphatic carbocycles. The molecule has 1 amide bonds. The number of rotatable bonds is 10. The van der Waals surface area contributed by atoms with Crippen LogP contribution in [0.15, 0.2) is 36.5 Å². The highest BCUT2D eigenvalue weighted by Crippen LogP contribution is 2.33. The van der Waals surface area contributed by atoms with Crippen LogP contribution in [0.5, 0.6) is 11.5 Å². The van der Waals surface area contributed by atoms with Gasteiger partial charge in [0, 0.05) is 25.1 Å². The van der Waals surface area contributed by atoms with Gasteiger partial charge in [0.05, 0.1) is 26.2 Å². The van der Waals surface area contributed by atoms with Crippen molar-refractivity contribution in [1.29, 1.82) is 0 Å². The summed E-state index contributed by atoms with van der Waals surface area (Å²) >= 11 is 0. The number of ether oxygens (including phenoxy) is 6. The van der Waals surface area contributed by atoms with Gasteiger partial charge in [-0.1, -0.05) is 12.1 Å². The number of nitrogens with one attached hydrogen (secondary N) is 1. The largest absolute Gasteiger partial charge is 0.493 e. The third kappa shape index (κ3) is 8.15.